The topological polar surface area (TPSA) is 88.0 Å². The molecule has 0 spiro atoms. The largest absolute Gasteiger partial charge is 0.463 e. The molecule has 0 saturated carbocycles. The van der Waals surface area contributed by atoms with Crippen molar-refractivity contribution in [2.24, 2.45) is 11.1 Å². The summed E-state index contributed by atoms with van der Waals surface area (Å²) in [6, 6.07) is 0. The zero-order chi connectivity index (χ0) is 16.3. The molecule has 0 saturated heterocycles. The number of oxime groups is 1. The number of halogens is 1. The van der Waals surface area contributed by atoms with Gasteiger partial charge in [-0.2, -0.15) is 0 Å². The number of carbonyl (C=O) groups excluding carboxylic acids is 2. The molecule has 0 unspecified atom stereocenters. The van der Waals surface area contributed by atoms with Gasteiger partial charge in [-0.3, -0.25) is 4.79 Å². The third-order valence-electron chi connectivity index (χ3n) is 3.51. The fraction of sp³-hybridized carbons (Fsp3) is 0.500. The highest BCUT2D eigenvalue weighted by atomic mass is 35.5. The summed E-state index contributed by atoms with van der Waals surface area (Å²) in [6.07, 6.45) is 2.59. The van der Waals surface area contributed by atoms with Crippen molar-refractivity contribution in [3.05, 3.63) is 21.2 Å². The number of ether oxygens (including phenoxy) is 1. The molecule has 0 fully saturated rings. The van der Waals surface area contributed by atoms with E-state index in [1.807, 2.05) is 0 Å². The standard InChI is InChI=1S/C14H17ClN2O4S/c1-3-21-14(19)10-9-5-4-8(6-16-20)11(15)12(9)22-13(10)17-7(2)18/h6,9,12,20H,3-5H2,1-2H3,(H,17,18)/b16-6+/t9-,12-/m0/s1. The fourth-order valence-electron chi connectivity index (χ4n) is 2.64. The number of nitrogens with zero attached hydrogens (tertiary/aromatic N) is 1. The third kappa shape index (κ3) is 3.30. The van der Waals surface area contributed by atoms with Gasteiger partial charge in [0.2, 0.25) is 5.91 Å². The molecule has 2 rings (SSSR count). The zero-order valence-electron chi connectivity index (χ0n) is 12.3. The third-order valence-corrected chi connectivity index (χ3v) is 5.49. The first-order valence-electron chi connectivity index (χ1n) is 6.91. The van der Waals surface area contributed by atoms with Gasteiger partial charge in [0.25, 0.3) is 0 Å². The summed E-state index contributed by atoms with van der Waals surface area (Å²) < 4.78 is 5.11. The van der Waals surface area contributed by atoms with E-state index in [-0.39, 0.29) is 23.7 Å². The molecule has 1 aliphatic heterocycles. The Balaban J connectivity index is 2.36. The number of allylic oxidation sites excluding steroid dienone is 1. The number of carbonyl (C=O) groups is 2. The maximum atomic E-state index is 12.2. The molecular weight excluding hydrogens is 328 g/mol. The van der Waals surface area contributed by atoms with Gasteiger partial charge in [-0.25, -0.2) is 4.79 Å². The van der Waals surface area contributed by atoms with E-state index in [1.165, 1.54) is 24.9 Å². The monoisotopic (exact) mass is 344 g/mol. The fourth-order valence-corrected chi connectivity index (χ4v) is 4.57. The highest BCUT2D eigenvalue weighted by Gasteiger charge is 2.44. The van der Waals surface area contributed by atoms with Gasteiger partial charge in [0, 0.05) is 17.9 Å². The van der Waals surface area contributed by atoms with Crippen molar-refractivity contribution >= 4 is 41.5 Å². The Labute approximate surface area is 137 Å². The van der Waals surface area contributed by atoms with Crippen LogP contribution in [-0.4, -0.2) is 35.2 Å². The number of amides is 1. The van der Waals surface area contributed by atoms with E-state index in [1.54, 1.807) is 6.92 Å². The van der Waals surface area contributed by atoms with Crippen molar-refractivity contribution in [3.63, 3.8) is 0 Å². The van der Waals surface area contributed by atoms with E-state index in [4.69, 9.17) is 21.5 Å². The number of fused-ring (bicyclic) bond motifs is 1. The molecule has 120 valence electrons. The van der Waals surface area contributed by atoms with Gasteiger partial charge < -0.3 is 15.3 Å². The number of hydrogen-bond acceptors (Lipinski definition) is 6. The maximum Gasteiger partial charge on any atom is 0.337 e. The predicted octanol–water partition coefficient (Wildman–Crippen LogP) is 2.38. The first kappa shape index (κ1) is 16.9. The lowest BCUT2D eigenvalue weighted by molar-refractivity contribution is -0.139. The van der Waals surface area contributed by atoms with Gasteiger partial charge in [-0.05, 0) is 25.3 Å². The highest BCUT2D eigenvalue weighted by Crippen LogP contribution is 2.51. The Morgan fingerprint density at radius 3 is 2.91 bits per heavy atom. The zero-order valence-corrected chi connectivity index (χ0v) is 13.8. The van der Waals surface area contributed by atoms with E-state index >= 15 is 0 Å². The molecule has 0 aromatic carbocycles. The molecule has 2 atom stereocenters. The molecule has 0 aromatic heterocycles. The second kappa shape index (κ2) is 7.19. The number of rotatable bonds is 4. The second-order valence-corrected chi connectivity index (χ2v) is 6.50. The van der Waals surface area contributed by atoms with Crippen LogP contribution in [0.15, 0.2) is 26.4 Å². The quantitative estimate of drug-likeness (QED) is 0.354. The number of nitrogens with one attached hydrogen (secondary N) is 1. The lowest BCUT2D eigenvalue weighted by Gasteiger charge is -2.26. The van der Waals surface area contributed by atoms with Gasteiger partial charge in [-0.15, -0.1) is 0 Å². The maximum absolute atomic E-state index is 12.2. The van der Waals surface area contributed by atoms with E-state index in [2.05, 4.69) is 10.5 Å². The average Bonchev–Trinajstić information content (AvgIpc) is 2.80. The number of thioether (sulfide) groups is 1. The Hall–Kier alpha value is -1.47. The van der Waals surface area contributed by atoms with Crippen LogP contribution in [0.4, 0.5) is 0 Å². The second-order valence-electron chi connectivity index (χ2n) is 4.95. The molecule has 22 heavy (non-hydrogen) atoms. The van der Waals surface area contributed by atoms with Crippen LogP contribution in [0.1, 0.15) is 26.7 Å². The van der Waals surface area contributed by atoms with Gasteiger partial charge >= 0.3 is 5.97 Å². The minimum Gasteiger partial charge on any atom is -0.463 e. The van der Waals surface area contributed by atoms with Crippen LogP contribution in [0, 0.1) is 5.92 Å². The first-order valence-corrected chi connectivity index (χ1v) is 8.16. The van der Waals surface area contributed by atoms with Crippen LogP contribution in [0.2, 0.25) is 0 Å². The van der Waals surface area contributed by atoms with Crippen LogP contribution in [0.3, 0.4) is 0 Å². The Morgan fingerprint density at radius 1 is 1.59 bits per heavy atom. The minimum atomic E-state index is -0.421. The number of esters is 1. The minimum absolute atomic E-state index is 0.116. The Bertz CT molecular complexity index is 585. The molecule has 8 heteroatoms. The molecule has 6 nitrogen and oxygen atoms in total. The molecular formula is C14H17ClN2O4S. The Morgan fingerprint density at radius 2 is 2.32 bits per heavy atom. The summed E-state index contributed by atoms with van der Waals surface area (Å²) >= 11 is 7.71. The smallest absolute Gasteiger partial charge is 0.337 e. The summed E-state index contributed by atoms with van der Waals surface area (Å²) in [5, 5.41) is 15.3. The van der Waals surface area contributed by atoms with Crippen LogP contribution in [-0.2, 0) is 14.3 Å². The first-order chi connectivity index (χ1) is 10.5. The van der Waals surface area contributed by atoms with Gasteiger partial charge in [-0.1, -0.05) is 28.5 Å². The van der Waals surface area contributed by atoms with E-state index in [9.17, 15) is 9.59 Å². The lowest BCUT2D eigenvalue weighted by atomic mass is 9.84. The van der Waals surface area contributed by atoms with Crippen molar-refractivity contribution in [3.8, 4) is 0 Å². The van der Waals surface area contributed by atoms with Gasteiger partial charge in [0.15, 0.2) is 0 Å². The van der Waals surface area contributed by atoms with Crippen LogP contribution in [0.25, 0.3) is 0 Å². The Kier molecular flexibility index (Phi) is 5.52. The average molecular weight is 345 g/mol. The van der Waals surface area contributed by atoms with Gasteiger partial charge in [0.05, 0.1) is 28.7 Å². The van der Waals surface area contributed by atoms with E-state index in [0.717, 1.165) is 5.57 Å². The molecule has 2 N–H and O–H groups in total. The summed E-state index contributed by atoms with van der Waals surface area (Å²) in [4.78, 5) is 23.6. The molecule has 2 aliphatic rings. The van der Waals surface area contributed by atoms with Crippen molar-refractivity contribution in [1.82, 2.24) is 5.32 Å². The lowest BCUT2D eigenvalue weighted by Crippen LogP contribution is -2.26. The molecule has 0 bridgehead atoms. The van der Waals surface area contributed by atoms with Gasteiger partial charge in [0.1, 0.15) is 0 Å². The SMILES string of the molecule is CCOC(=O)C1=C(NC(C)=O)S[C@@H]2C(Cl)=C(/C=N/O)CC[C@@H]12. The summed E-state index contributed by atoms with van der Waals surface area (Å²) in [5.41, 5.74) is 1.22. The molecule has 0 aromatic rings. The summed E-state index contributed by atoms with van der Waals surface area (Å²) in [6.45, 7) is 3.39. The van der Waals surface area contributed by atoms with Crippen LogP contribution >= 0.6 is 23.4 Å². The van der Waals surface area contributed by atoms with Crippen molar-refractivity contribution in [1.29, 1.82) is 0 Å². The summed E-state index contributed by atoms with van der Waals surface area (Å²) in [5.74, 6) is -0.788. The van der Waals surface area contributed by atoms with Crippen molar-refractivity contribution in [2.75, 3.05) is 6.61 Å². The van der Waals surface area contributed by atoms with Crippen molar-refractivity contribution in [2.45, 2.75) is 31.9 Å². The molecule has 1 amide bonds. The van der Waals surface area contributed by atoms with Crippen LogP contribution < -0.4 is 5.32 Å². The molecule has 0 radical (unpaired) electrons. The van der Waals surface area contributed by atoms with E-state index < -0.39 is 5.97 Å². The normalized spacial score (nSPS) is 24.7. The van der Waals surface area contributed by atoms with Crippen molar-refractivity contribution < 1.29 is 19.5 Å². The highest BCUT2D eigenvalue weighted by molar-refractivity contribution is 8.04. The number of hydrogen-bond donors (Lipinski definition) is 2. The summed E-state index contributed by atoms with van der Waals surface area (Å²) in [7, 11) is 0. The molecule has 1 aliphatic carbocycles. The molecule has 1 heterocycles. The predicted molar refractivity (Wildman–Crippen MR) is 84.7 cm³/mol. The van der Waals surface area contributed by atoms with Crippen LogP contribution in [0.5, 0.6) is 0 Å². The van der Waals surface area contributed by atoms with E-state index in [0.29, 0.717) is 28.5 Å².